The minimum atomic E-state index is -0.945. The molecule has 0 radical (unpaired) electrons. The van der Waals surface area contributed by atoms with Gasteiger partial charge < -0.3 is 14.9 Å². The number of halogens is 1. The van der Waals surface area contributed by atoms with Crippen LogP contribution in [0, 0.1) is 0 Å². The van der Waals surface area contributed by atoms with Crippen LogP contribution in [-0.4, -0.2) is 58.4 Å². The molecule has 1 aliphatic rings. The molecule has 0 aromatic heterocycles. The highest BCUT2D eigenvalue weighted by molar-refractivity contribution is 6.18. The highest BCUT2D eigenvalue weighted by Crippen LogP contribution is 2.15. The van der Waals surface area contributed by atoms with Gasteiger partial charge in [-0.3, -0.25) is 10.2 Å². The number of piperidine rings is 1. The fourth-order valence-corrected chi connectivity index (χ4v) is 2.23. The third kappa shape index (κ3) is 5.82. The number of hydrogen-bond donors (Lipinski definition) is 3. The maximum atomic E-state index is 9.74. The van der Waals surface area contributed by atoms with Gasteiger partial charge in [-0.15, -0.1) is 11.6 Å². The number of alkyl halides is 1. The second kappa shape index (κ2) is 7.03. The number of hydrogen-bond acceptors (Lipinski definition) is 5. The Morgan fingerprint density at radius 1 is 1.33 bits per heavy atom. The maximum Gasteiger partial charge on any atom is 0.214 e. The van der Waals surface area contributed by atoms with Crippen LogP contribution >= 0.6 is 11.6 Å². The maximum absolute atomic E-state index is 9.74. The Balaban J connectivity index is 2.27. The minimum Gasteiger partial charge on any atom is -0.377 e. The second-order valence-corrected chi connectivity index (χ2v) is 6.00. The average molecular weight is 281 g/mol. The van der Waals surface area contributed by atoms with Gasteiger partial charge in [0.15, 0.2) is 0 Å². The van der Waals surface area contributed by atoms with E-state index in [0.29, 0.717) is 0 Å². The Hall–Kier alpha value is 0.0900. The Morgan fingerprint density at radius 2 is 1.89 bits per heavy atom. The van der Waals surface area contributed by atoms with Crippen molar-refractivity contribution in [2.45, 2.75) is 57.9 Å². The van der Waals surface area contributed by atoms with Crippen molar-refractivity contribution < 1.29 is 14.9 Å². The van der Waals surface area contributed by atoms with E-state index in [-0.39, 0.29) is 17.5 Å². The molecule has 0 aliphatic carbocycles. The van der Waals surface area contributed by atoms with E-state index in [4.69, 9.17) is 16.3 Å². The summed E-state index contributed by atoms with van der Waals surface area (Å²) in [5.74, 6) is 0.230. The Bertz CT molecular complexity index is 240. The molecule has 5 nitrogen and oxygen atoms in total. The third-order valence-corrected chi connectivity index (χ3v) is 3.21. The van der Waals surface area contributed by atoms with Crippen molar-refractivity contribution in [1.82, 2.24) is 10.2 Å². The van der Waals surface area contributed by atoms with E-state index in [1.807, 2.05) is 25.7 Å². The summed E-state index contributed by atoms with van der Waals surface area (Å²) in [5, 5.41) is 22.4. The summed E-state index contributed by atoms with van der Waals surface area (Å²) in [6.45, 7) is 7.24. The molecule has 0 aromatic carbocycles. The van der Waals surface area contributed by atoms with E-state index >= 15 is 0 Å². The number of aliphatic hydroxyl groups excluding tert-OH is 2. The molecule has 3 N–H and O–H groups in total. The van der Waals surface area contributed by atoms with Crippen molar-refractivity contribution in [2.24, 2.45) is 0 Å². The molecule has 0 spiro atoms. The first-order chi connectivity index (χ1) is 8.31. The fraction of sp³-hybridized carbons (Fsp3) is 1.00. The van der Waals surface area contributed by atoms with Crippen molar-refractivity contribution >= 4 is 11.6 Å². The topological polar surface area (TPSA) is 65.0 Å². The van der Waals surface area contributed by atoms with E-state index in [1.165, 1.54) is 0 Å². The lowest BCUT2D eigenvalue weighted by Crippen LogP contribution is -2.51. The van der Waals surface area contributed by atoms with Crippen LogP contribution in [0.4, 0.5) is 0 Å². The highest BCUT2D eigenvalue weighted by Gasteiger charge is 2.25. The van der Waals surface area contributed by atoms with Gasteiger partial charge in [-0.05, 0) is 33.6 Å². The Morgan fingerprint density at radius 3 is 2.33 bits per heavy atom. The molecule has 1 heterocycles. The van der Waals surface area contributed by atoms with Crippen molar-refractivity contribution in [1.29, 1.82) is 0 Å². The van der Waals surface area contributed by atoms with Crippen LogP contribution in [0.15, 0.2) is 0 Å². The molecule has 2 unspecified atom stereocenters. The number of ether oxygens (including phenoxy) is 1. The van der Waals surface area contributed by atoms with E-state index in [1.54, 1.807) is 0 Å². The molecule has 108 valence electrons. The van der Waals surface area contributed by atoms with Gasteiger partial charge in [0.05, 0.1) is 11.5 Å². The highest BCUT2D eigenvalue weighted by atomic mass is 35.5. The molecule has 1 rings (SSSR count). The monoisotopic (exact) mass is 280 g/mol. The fourth-order valence-electron chi connectivity index (χ4n) is 2.03. The zero-order chi connectivity index (χ0) is 13.8. The first-order valence-electron chi connectivity index (χ1n) is 6.42. The van der Waals surface area contributed by atoms with Crippen LogP contribution in [0.1, 0.15) is 33.6 Å². The van der Waals surface area contributed by atoms with Gasteiger partial charge in [0.2, 0.25) is 6.41 Å². The number of aliphatic hydroxyl groups is 2. The zero-order valence-corrected chi connectivity index (χ0v) is 12.2. The van der Waals surface area contributed by atoms with E-state index in [2.05, 4.69) is 5.32 Å². The van der Waals surface area contributed by atoms with Crippen LogP contribution < -0.4 is 5.32 Å². The molecule has 1 fully saturated rings. The Kier molecular flexibility index (Phi) is 6.30. The molecule has 1 aliphatic heterocycles. The first-order valence-corrected chi connectivity index (χ1v) is 6.95. The van der Waals surface area contributed by atoms with E-state index in [9.17, 15) is 10.2 Å². The minimum absolute atomic E-state index is 0.209. The second-order valence-electron chi connectivity index (χ2n) is 5.69. The molecule has 1 saturated heterocycles. The van der Waals surface area contributed by atoms with Crippen LogP contribution in [-0.2, 0) is 4.74 Å². The van der Waals surface area contributed by atoms with Gasteiger partial charge in [-0.2, -0.15) is 0 Å². The van der Waals surface area contributed by atoms with Crippen LogP contribution in [0.3, 0.4) is 0 Å². The summed E-state index contributed by atoms with van der Waals surface area (Å²) in [6.07, 6.45) is 0.208. The van der Waals surface area contributed by atoms with Gasteiger partial charge in [-0.1, -0.05) is 0 Å². The predicted octanol–water partition coefficient (Wildman–Crippen LogP) is 0.689. The normalized spacial score (nSPS) is 23.0. The molecule has 18 heavy (non-hydrogen) atoms. The van der Waals surface area contributed by atoms with E-state index in [0.717, 1.165) is 25.9 Å². The standard InChI is InChI=1S/C12H25ClN2O3/c1-12(2,3)18-11(17)14-9-4-6-15(7-5-9)10(16)8-13/h9-11,14,16-17H,4-8H2,1-3H3. The quantitative estimate of drug-likeness (QED) is 0.511. The molecule has 6 heteroatoms. The molecule has 0 amide bonds. The van der Waals surface area contributed by atoms with Gasteiger partial charge in [0.1, 0.15) is 6.23 Å². The summed E-state index contributed by atoms with van der Waals surface area (Å²) < 4.78 is 5.40. The van der Waals surface area contributed by atoms with Gasteiger partial charge in [-0.25, -0.2) is 0 Å². The van der Waals surface area contributed by atoms with Crippen molar-refractivity contribution in [3.05, 3.63) is 0 Å². The molecule has 0 aromatic rings. The number of likely N-dealkylation sites (tertiary alicyclic amines) is 1. The molecule has 0 bridgehead atoms. The largest absolute Gasteiger partial charge is 0.377 e. The summed E-state index contributed by atoms with van der Waals surface area (Å²) in [4.78, 5) is 1.95. The summed E-state index contributed by atoms with van der Waals surface area (Å²) in [5.41, 5.74) is -0.373. The van der Waals surface area contributed by atoms with Crippen LogP contribution in [0.2, 0.25) is 0 Å². The smallest absolute Gasteiger partial charge is 0.214 e. The average Bonchev–Trinajstić information content (AvgIpc) is 2.26. The zero-order valence-electron chi connectivity index (χ0n) is 11.4. The van der Waals surface area contributed by atoms with E-state index < -0.39 is 12.6 Å². The van der Waals surface area contributed by atoms with Gasteiger partial charge in [0.25, 0.3) is 0 Å². The predicted molar refractivity (Wildman–Crippen MR) is 71.3 cm³/mol. The molecular weight excluding hydrogens is 256 g/mol. The lowest BCUT2D eigenvalue weighted by molar-refractivity contribution is -0.187. The van der Waals surface area contributed by atoms with Crippen LogP contribution in [0.5, 0.6) is 0 Å². The van der Waals surface area contributed by atoms with Gasteiger partial charge >= 0.3 is 0 Å². The lowest BCUT2D eigenvalue weighted by atomic mass is 10.1. The molecular formula is C12H25ClN2O3. The van der Waals surface area contributed by atoms with Crippen molar-refractivity contribution in [2.75, 3.05) is 19.0 Å². The number of nitrogens with zero attached hydrogens (tertiary/aromatic N) is 1. The first kappa shape index (κ1) is 16.1. The molecule has 0 saturated carbocycles. The summed E-state index contributed by atoms with van der Waals surface area (Å²) >= 11 is 5.61. The lowest BCUT2D eigenvalue weighted by Gasteiger charge is -2.36. The third-order valence-electron chi connectivity index (χ3n) is 2.93. The van der Waals surface area contributed by atoms with Crippen molar-refractivity contribution in [3.8, 4) is 0 Å². The van der Waals surface area contributed by atoms with Crippen LogP contribution in [0.25, 0.3) is 0 Å². The van der Waals surface area contributed by atoms with Gasteiger partial charge in [0, 0.05) is 19.1 Å². The SMILES string of the molecule is CC(C)(C)OC(O)NC1CCN(C(O)CCl)CC1. The number of nitrogens with one attached hydrogen (secondary N) is 1. The summed E-state index contributed by atoms with van der Waals surface area (Å²) in [7, 11) is 0. The Labute approximate surface area is 114 Å². The summed E-state index contributed by atoms with van der Waals surface area (Å²) in [6, 6.07) is 0.209. The molecule has 2 atom stereocenters. The van der Waals surface area contributed by atoms with Crippen molar-refractivity contribution in [3.63, 3.8) is 0 Å². The number of rotatable bonds is 5.